The molecular weight excluding hydrogens is 372 g/mol. The Hall–Kier alpha value is -1.72. The lowest BCUT2D eigenvalue weighted by atomic mass is 10.1. The minimum Gasteiger partial charge on any atom is -0.361 e. The molecular formula is C18H17BrN2OS. The van der Waals surface area contributed by atoms with Gasteiger partial charge in [-0.15, -0.1) is 11.8 Å². The van der Waals surface area contributed by atoms with Gasteiger partial charge >= 0.3 is 0 Å². The van der Waals surface area contributed by atoms with Crippen LogP contribution in [0.1, 0.15) is 5.56 Å². The van der Waals surface area contributed by atoms with Crippen LogP contribution in [0.3, 0.4) is 0 Å². The normalized spacial score (nSPS) is 10.8. The quantitative estimate of drug-likeness (QED) is 0.615. The van der Waals surface area contributed by atoms with Crippen LogP contribution in [-0.2, 0) is 11.2 Å². The summed E-state index contributed by atoms with van der Waals surface area (Å²) >= 11 is 4.95. The van der Waals surface area contributed by atoms with E-state index < -0.39 is 0 Å². The summed E-state index contributed by atoms with van der Waals surface area (Å²) in [6.45, 7) is 0.654. The van der Waals surface area contributed by atoms with Crippen molar-refractivity contribution < 1.29 is 4.79 Å². The molecule has 118 valence electrons. The van der Waals surface area contributed by atoms with Crippen LogP contribution >= 0.6 is 27.7 Å². The van der Waals surface area contributed by atoms with E-state index in [-0.39, 0.29) is 5.91 Å². The van der Waals surface area contributed by atoms with Crippen molar-refractivity contribution in [2.75, 3.05) is 12.3 Å². The number of amides is 1. The second-order valence-corrected chi connectivity index (χ2v) is 7.17. The summed E-state index contributed by atoms with van der Waals surface area (Å²) in [5.41, 5.74) is 2.38. The maximum atomic E-state index is 11.9. The van der Waals surface area contributed by atoms with E-state index >= 15 is 0 Å². The number of carbonyl (C=O) groups is 1. The molecule has 0 radical (unpaired) electrons. The zero-order chi connectivity index (χ0) is 16.1. The van der Waals surface area contributed by atoms with Gasteiger partial charge in [0.15, 0.2) is 0 Å². The van der Waals surface area contributed by atoms with E-state index in [1.54, 1.807) is 11.8 Å². The van der Waals surface area contributed by atoms with Crippen LogP contribution in [0.2, 0.25) is 0 Å². The minimum absolute atomic E-state index is 0.0674. The number of rotatable bonds is 6. The number of benzene rings is 2. The van der Waals surface area contributed by atoms with Gasteiger partial charge < -0.3 is 10.3 Å². The van der Waals surface area contributed by atoms with Gasteiger partial charge in [0.1, 0.15) is 0 Å². The Kier molecular flexibility index (Phi) is 5.41. The molecule has 0 aliphatic rings. The third-order valence-electron chi connectivity index (χ3n) is 3.57. The Bertz CT molecular complexity index is 798. The lowest BCUT2D eigenvalue weighted by molar-refractivity contribution is -0.118. The molecule has 0 unspecified atom stereocenters. The highest BCUT2D eigenvalue weighted by molar-refractivity contribution is 9.10. The van der Waals surface area contributed by atoms with Gasteiger partial charge in [0.05, 0.1) is 5.75 Å². The molecule has 0 spiro atoms. The standard InChI is InChI=1S/C18H17BrN2OS/c19-14-5-7-15(8-6-14)23-12-18(22)20-10-9-13-11-21-17-4-2-1-3-16(13)17/h1-8,11,21H,9-10,12H2,(H,20,22). The van der Waals surface area contributed by atoms with E-state index in [1.165, 1.54) is 10.9 Å². The number of thioether (sulfide) groups is 1. The van der Waals surface area contributed by atoms with Gasteiger partial charge in [-0.3, -0.25) is 4.79 Å². The van der Waals surface area contributed by atoms with E-state index in [1.807, 2.05) is 42.6 Å². The van der Waals surface area contributed by atoms with Gasteiger partial charge in [-0.1, -0.05) is 34.1 Å². The lowest BCUT2D eigenvalue weighted by Crippen LogP contribution is -2.27. The number of aromatic amines is 1. The Morgan fingerprint density at radius 1 is 1.13 bits per heavy atom. The molecule has 3 nitrogen and oxygen atoms in total. The van der Waals surface area contributed by atoms with Crippen molar-refractivity contribution in [2.45, 2.75) is 11.3 Å². The van der Waals surface area contributed by atoms with E-state index in [4.69, 9.17) is 0 Å². The first-order valence-corrected chi connectivity index (χ1v) is 9.20. The average molecular weight is 389 g/mol. The predicted octanol–water partition coefficient (Wildman–Crippen LogP) is 4.38. The van der Waals surface area contributed by atoms with Crippen LogP contribution in [-0.4, -0.2) is 23.2 Å². The highest BCUT2D eigenvalue weighted by Crippen LogP contribution is 2.20. The molecule has 2 N–H and O–H groups in total. The first kappa shape index (κ1) is 16.1. The summed E-state index contributed by atoms with van der Waals surface area (Å²) in [6, 6.07) is 16.2. The zero-order valence-electron chi connectivity index (χ0n) is 12.5. The number of para-hydroxylation sites is 1. The van der Waals surface area contributed by atoms with Gasteiger partial charge in [0.2, 0.25) is 5.91 Å². The Balaban J connectivity index is 1.45. The third-order valence-corrected chi connectivity index (χ3v) is 5.12. The number of hydrogen-bond donors (Lipinski definition) is 2. The molecule has 0 fully saturated rings. The maximum Gasteiger partial charge on any atom is 0.230 e. The topological polar surface area (TPSA) is 44.9 Å². The summed E-state index contributed by atoms with van der Waals surface area (Å²) in [7, 11) is 0. The second-order valence-electron chi connectivity index (χ2n) is 5.20. The smallest absolute Gasteiger partial charge is 0.230 e. The molecule has 0 saturated heterocycles. The van der Waals surface area contributed by atoms with E-state index in [2.05, 4.69) is 38.4 Å². The van der Waals surface area contributed by atoms with Crippen molar-refractivity contribution in [3.63, 3.8) is 0 Å². The summed E-state index contributed by atoms with van der Waals surface area (Å²) < 4.78 is 1.05. The third kappa shape index (κ3) is 4.39. The van der Waals surface area contributed by atoms with Crippen molar-refractivity contribution in [1.29, 1.82) is 0 Å². The molecule has 23 heavy (non-hydrogen) atoms. The molecule has 0 aliphatic heterocycles. The predicted molar refractivity (Wildman–Crippen MR) is 99.9 cm³/mol. The van der Waals surface area contributed by atoms with Crippen LogP contribution in [0.15, 0.2) is 64.1 Å². The molecule has 3 rings (SSSR count). The molecule has 1 aromatic heterocycles. The van der Waals surface area contributed by atoms with Crippen LogP contribution in [0.5, 0.6) is 0 Å². The van der Waals surface area contributed by atoms with Gasteiger partial charge in [-0.25, -0.2) is 0 Å². The van der Waals surface area contributed by atoms with Crippen molar-refractivity contribution in [1.82, 2.24) is 10.3 Å². The van der Waals surface area contributed by atoms with Crippen LogP contribution in [0.25, 0.3) is 10.9 Å². The Morgan fingerprint density at radius 2 is 1.91 bits per heavy atom. The highest BCUT2D eigenvalue weighted by atomic mass is 79.9. The molecule has 0 bridgehead atoms. The van der Waals surface area contributed by atoms with E-state index in [0.29, 0.717) is 12.3 Å². The fraction of sp³-hybridized carbons (Fsp3) is 0.167. The zero-order valence-corrected chi connectivity index (χ0v) is 14.9. The summed E-state index contributed by atoms with van der Waals surface area (Å²) in [6.07, 6.45) is 2.85. The highest BCUT2D eigenvalue weighted by Gasteiger charge is 2.05. The first-order valence-electron chi connectivity index (χ1n) is 7.42. The maximum absolute atomic E-state index is 11.9. The number of fused-ring (bicyclic) bond motifs is 1. The minimum atomic E-state index is 0.0674. The Labute approximate surface area is 148 Å². The molecule has 0 atom stereocenters. The van der Waals surface area contributed by atoms with E-state index in [0.717, 1.165) is 21.3 Å². The molecule has 3 aromatic rings. The molecule has 0 aliphatic carbocycles. The van der Waals surface area contributed by atoms with Crippen molar-refractivity contribution in [3.05, 3.63) is 64.8 Å². The van der Waals surface area contributed by atoms with Crippen molar-refractivity contribution in [2.24, 2.45) is 0 Å². The van der Waals surface area contributed by atoms with Crippen LogP contribution in [0, 0.1) is 0 Å². The SMILES string of the molecule is O=C(CSc1ccc(Br)cc1)NCCc1c[nH]c2ccccc12. The van der Waals surface area contributed by atoms with Crippen molar-refractivity contribution >= 4 is 44.5 Å². The number of carbonyl (C=O) groups excluding carboxylic acids is 1. The lowest BCUT2D eigenvalue weighted by Gasteiger charge is -2.05. The number of aromatic nitrogens is 1. The molecule has 5 heteroatoms. The summed E-state index contributed by atoms with van der Waals surface area (Å²) in [5.74, 6) is 0.507. The molecule has 1 amide bonds. The number of nitrogens with one attached hydrogen (secondary N) is 2. The van der Waals surface area contributed by atoms with Gasteiger partial charge in [-0.2, -0.15) is 0 Å². The largest absolute Gasteiger partial charge is 0.361 e. The van der Waals surface area contributed by atoms with E-state index in [9.17, 15) is 4.79 Å². The second kappa shape index (κ2) is 7.70. The summed E-state index contributed by atoms with van der Waals surface area (Å²) in [5, 5.41) is 4.21. The van der Waals surface area contributed by atoms with Gasteiger partial charge in [0, 0.05) is 33.0 Å². The fourth-order valence-corrected chi connectivity index (χ4v) is 3.40. The van der Waals surface area contributed by atoms with Gasteiger partial charge in [0.25, 0.3) is 0 Å². The van der Waals surface area contributed by atoms with Crippen LogP contribution in [0.4, 0.5) is 0 Å². The monoisotopic (exact) mass is 388 g/mol. The summed E-state index contributed by atoms with van der Waals surface area (Å²) in [4.78, 5) is 16.3. The Morgan fingerprint density at radius 3 is 2.74 bits per heavy atom. The number of hydrogen-bond acceptors (Lipinski definition) is 2. The fourth-order valence-electron chi connectivity index (χ4n) is 2.41. The number of H-pyrrole nitrogens is 1. The molecule has 1 heterocycles. The average Bonchev–Trinajstić information content (AvgIpc) is 2.98. The van der Waals surface area contributed by atoms with Crippen LogP contribution < -0.4 is 5.32 Å². The van der Waals surface area contributed by atoms with Crippen molar-refractivity contribution in [3.8, 4) is 0 Å². The first-order chi connectivity index (χ1) is 11.2. The number of halogens is 1. The van der Waals surface area contributed by atoms with Gasteiger partial charge in [-0.05, 0) is 42.3 Å². The molecule has 0 saturated carbocycles. The molecule has 2 aromatic carbocycles.